The summed E-state index contributed by atoms with van der Waals surface area (Å²) >= 11 is 5.65. The third-order valence-corrected chi connectivity index (χ3v) is 3.82. The Hall–Kier alpha value is -1.73. The summed E-state index contributed by atoms with van der Waals surface area (Å²) in [7, 11) is 0. The van der Waals surface area contributed by atoms with Crippen LogP contribution in [0.15, 0.2) is 18.2 Å². The van der Waals surface area contributed by atoms with Gasteiger partial charge in [0.2, 0.25) is 11.8 Å². The predicted octanol–water partition coefficient (Wildman–Crippen LogP) is 0.993. The molecule has 1 heterocycles. The molecule has 2 rings (SSSR count). The molecule has 2 amide bonds. The van der Waals surface area contributed by atoms with Crippen LogP contribution in [-0.2, 0) is 16.1 Å². The van der Waals surface area contributed by atoms with E-state index in [4.69, 9.17) is 17.3 Å². The second kappa shape index (κ2) is 7.02. The van der Waals surface area contributed by atoms with Crippen LogP contribution >= 0.6 is 11.6 Å². The van der Waals surface area contributed by atoms with Crippen LogP contribution in [0.2, 0.25) is 5.02 Å². The van der Waals surface area contributed by atoms with E-state index in [2.05, 4.69) is 5.32 Å². The largest absolute Gasteiger partial charge is 0.350 e. The van der Waals surface area contributed by atoms with Crippen LogP contribution < -0.4 is 11.1 Å². The molecule has 1 fully saturated rings. The monoisotopic (exact) mass is 331 g/mol. The molecule has 5 nitrogen and oxygen atoms in total. The molecule has 2 atom stereocenters. The van der Waals surface area contributed by atoms with Gasteiger partial charge in [0.25, 0.3) is 0 Å². The number of carbonyl (C=O) groups excluding carboxylic acids is 2. The maximum absolute atomic E-state index is 13.7. The van der Waals surface area contributed by atoms with E-state index in [-0.39, 0.29) is 36.6 Å². The summed E-state index contributed by atoms with van der Waals surface area (Å²) in [6, 6.07) is 3.52. The topological polar surface area (TPSA) is 75.4 Å². The average Bonchev–Trinajstić information content (AvgIpc) is 2.89. The van der Waals surface area contributed by atoms with Crippen LogP contribution in [0.25, 0.3) is 0 Å². The van der Waals surface area contributed by atoms with Crippen molar-refractivity contribution in [2.75, 3.05) is 13.1 Å². The molecule has 0 saturated carbocycles. The molecule has 8 heteroatoms. The number of likely N-dealkylation sites (tertiary alicyclic amines) is 1. The molecule has 1 aromatic rings. The summed E-state index contributed by atoms with van der Waals surface area (Å²) in [5.74, 6) is -1.65. The summed E-state index contributed by atoms with van der Waals surface area (Å²) in [4.78, 5) is 24.9. The van der Waals surface area contributed by atoms with Gasteiger partial charge in [-0.25, -0.2) is 8.78 Å². The van der Waals surface area contributed by atoms with Crippen molar-refractivity contribution in [2.24, 2.45) is 5.73 Å². The Morgan fingerprint density at radius 3 is 2.86 bits per heavy atom. The molecule has 1 aliphatic heterocycles. The normalized spacial score (nSPS) is 21.0. The van der Waals surface area contributed by atoms with Gasteiger partial charge in [0, 0.05) is 18.5 Å². The van der Waals surface area contributed by atoms with Gasteiger partial charge in [-0.3, -0.25) is 9.59 Å². The minimum Gasteiger partial charge on any atom is -0.350 e. The number of carbonyl (C=O) groups is 2. The molecule has 0 radical (unpaired) electrons. The van der Waals surface area contributed by atoms with E-state index in [9.17, 15) is 18.4 Å². The number of amides is 2. The third-order valence-electron chi connectivity index (χ3n) is 3.53. The SMILES string of the molecule is NCC(=O)N1C[C@H](F)C[C@H]1C(=O)NCc1cccc(Cl)c1F. The zero-order chi connectivity index (χ0) is 16.3. The molecule has 3 N–H and O–H groups in total. The van der Waals surface area contributed by atoms with E-state index in [0.717, 1.165) is 4.90 Å². The van der Waals surface area contributed by atoms with Crippen LogP contribution in [0.4, 0.5) is 8.78 Å². The second-order valence-corrected chi connectivity index (χ2v) is 5.44. The zero-order valence-electron chi connectivity index (χ0n) is 11.7. The Morgan fingerprint density at radius 1 is 1.45 bits per heavy atom. The maximum Gasteiger partial charge on any atom is 0.243 e. The second-order valence-electron chi connectivity index (χ2n) is 5.03. The highest BCUT2D eigenvalue weighted by atomic mass is 35.5. The number of hydrogen-bond donors (Lipinski definition) is 2. The average molecular weight is 332 g/mol. The van der Waals surface area contributed by atoms with E-state index >= 15 is 0 Å². The fourth-order valence-corrected chi connectivity index (χ4v) is 2.61. The first-order chi connectivity index (χ1) is 10.4. The summed E-state index contributed by atoms with van der Waals surface area (Å²) in [5, 5.41) is 2.45. The highest BCUT2D eigenvalue weighted by Crippen LogP contribution is 2.21. The smallest absolute Gasteiger partial charge is 0.243 e. The van der Waals surface area contributed by atoms with E-state index in [1.54, 1.807) is 6.07 Å². The van der Waals surface area contributed by atoms with Gasteiger partial charge in [0.1, 0.15) is 18.0 Å². The molecule has 1 aliphatic rings. The lowest BCUT2D eigenvalue weighted by molar-refractivity contribution is -0.137. The molecule has 120 valence electrons. The quantitative estimate of drug-likeness (QED) is 0.864. The minimum atomic E-state index is -1.27. The number of nitrogens with zero attached hydrogens (tertiary/aromatic N) is 1. The molecule has 0 unspecified atom stereocenters. The number of nitrogens with one attached hydrogen (secondary N) is 1. The fourth-order valence-electron chi connectivity index (χ4n) is 2.41. The molecule has 0 spiro atoms. The lowest BCUT2D eigenvalue weighted by atomic mass is 10.1. The molecule has 0 bridgehead atoms. The Kier molecular flexibility index (Phi) is 5.31. The predicted molar refractivity (Wildman–Crippen MR) is 77.3 cm³/mol. The Bertz CT molecular complexity index is 585. The fraction of sp³-hybridized carbons (Fsp3) is 0.429. The van der Waals surface area contributed by atoms with Gasteiger partial charge < -0.3 is 16.0 Å². The van der Waals surface area contributed by atoms with Gasteiger partial charge in [-0.05, 0) is 6.07 Å². The maximum atomic E-state index is 13.7. The lowest BCUT2D eigenvalue weighted by Crippen LogP contribution is -2.47. The van der Waals surface area contributed by atoms with Crippen LogP contribution in [0.5, 0.6) is 0 Å². The number of halogens is 3. The van der Waals surface area contributed by atoms with E-state index in [1.807, 2.05) is 0 Å². The third kappa shape index (κ3) is 3.53. The molecule has 0 aliphatic carbocycles. The van der Waals surface area contributed by atoms with Gasteiger partial charge in [0.15, 0.2) is 0 Å². The Labute approximate surface area is 131 Å². The molecular formula is C14H16ClF2N3O2. The summed E-state index contributed by atoms with van der Waals surface area (Å²) in [6.45, 7) is -0.539. The van der Waals surface area contributed by atoms with E-state index in [0.29, 0.717) is 0 Å². The first-order valence-corrected chi connectivity index (χ1v) is 7.16. The number of alkyl halides is 1. The first kappa shape index (κ1) is 16.6. The van der Waals surface area contributed by atoms with Gasteiger partial charge in [-0.1, -0.05) is 23.7 Å². The highest BCUT2D eigenvalue weighted by molar-refractivity contribution is 6.30. The van der Waals surface area contributed by atoms with Crippen molar-refractivity contribution in [1.29, 1.82) is 0 Å². The van der Waals surface area contributed by atoms with Crippen molar-refractivity contribution in [3.8, 4) is 0 Å². The minimum absolute atomic E-state index is 0.0450. The number of hydrogen-bond acceptors (Lipinski definition) is 3. The van der Waals surface area contributed by atoms with E-state index < -0.39 is 29.8 Å². The first-order valence-electron chi connectivity index (χ1n) is 6.78. The summed E-state index contributed by atoms with van der Waals surface area (Å²) < 4.78 is 27.2. The molecule has 22 heavy (non-hydrogen) atoms. The Balaban J connectivity index is 2.02. The molecule has 1 aromatic carbocycles. The number of rotatable bonds is 4. The van der Waals surface area contributed by atoms with Crippen LogP contribution in [0, 0.1) is 5.82 Å². The molecule has 0 aromatic heterocycles. The summed E-state index contributed by atoms with van der Waals surface area (Å²) in [6.07, 6.45) is -1.36. The van der Waals surface area contributed by atoms with Crippen LogP contribution in [0.1, 0.15) is 12.0 Å². The number of nitrogens with two attached hydrogens (primary N) is 1. The lowest BCUT2D eigenvalue weighted by Gasteiger charge is -2.23. The van der Waals surface area contributed by atoms with E-state index in [1.165, 1.54) is 12.1 Å². The van der Waals surface area contributed by atoms with Crippen molar-refractivity contribution in [2.45, 2.75) is 25.2 Å². The summed E-state index contributed by atoms with van der Waals surface area (Å²) in [5.41, 5.74) is 5.47. The highest BCUT2D eigenvalue weighted by Gasteiger charge is 2.39. The van der Waals surface area contributed by atoms with Crippen molar-refractivity contribution in [1.82, 2.24) is 10.2 Å². The van der Waals surface area contributed by atoms with Crippen molar-refractivity contribution in [3.63, 3.8) is 0 Å². The van der Waals surface area contributed by atoms with Crippen LogP contribution in [0.3, 0.4) is 0 Å². The van der Waals surface area contributed by atoms with Crippen molar-refractivity contribution < 1.29 is 18.4 Å². The number of benzene rings is 1. The van der Waals surface area contributed by atoms with Gasteiger partial charge in [0.05, 0.1) is 18.1 Å². The standard InChI is InChI=1S/C14H16ClF2N3O2/c15-10-3-1-2-8(13(10)17)6-19-14(22)11-4-9(16)7-20(11)12(21)5-18/h1-3,9,11H,4-7,18H2,(H,19,22)/t9-,11+/m1/s1. The van der Waals surface area contributed by atoms with Gasteiger partial charge in [-0.15, -0.1) is 0 Å². The van der Waals surface area contributed by atoms with Gasteiger partial charge >= 0.3 is 0 Å². The van der Waals surface area contributed by atoms with Crippen molar-refractivity contribution in [3.05, 3.63) is 34.6 Å². The van der Waals surface area contributed by atoms with Crippen LogP contribution in [-0.4, -0.2) is 42.0 Å². The molecule has 1 saturated heterocycles. The van der Waals surface area contributed by atoms with Crippen molar-refractivity contribution >= 4 is 23.4 Å². The molecular weight excluding hydrogens is 316 g/mol. The zero-order valence-corrected chi connectivity index (χ0v) is 12.4. The van der Waals surface area contributed by atoms with Gasteiger partial charge in [-0.2, -0.15) is 0 Å². The Morgan fingerprint density at radius 2 is 2.18 bits per heavy atom.